The Hall–Kier alpha value is -0.396. The lowest BCUT2D eigenvalue weighted by Gasteiger charge is -2.32. The zero-order chi connectivity index (χ0) is 12.1. The molecule has 15 heavy (non-hydrogen) atoms. The fourth-order valence-electron chi connectivity index (χ4n) is 1.50. The molecular weight excluding hydrogens is 224 g/mol. The summed E-state index contributed by atoms with van der Waals surface area (Å²) in [5.74, 6) is -0.355. The first-order chi connectivity index (χ1) is 6.83. The van der Waals surface area contributed by atoms with Gasteiger partial charge in [0.05, 0.1) is 0 Å². The van der Waals surface area contributed by atoms with Crippen molar-refractivity contribution >= 4 is 23.3 Å². The number of carbonyl (C=O) groups excluding carboxylic acids is 1. The van der Waals surface area contributed by atoms with Crippen molar-refractivity contribution in [3.63, 3.8) is 0 Å². The van der Waals surface area contributed by atoms with Crippen LogP contribution in [0.3, 0.4) is 0 Å². The van der Waals surface area contributed by atoms with Crippen molar-refractivity contribution in [3.05, 3.63) is 12.7 Å². The van der Waals surface area contributed by atoms with Crippen LogP contribution < -0.4 is 0 Å². The molecule has 0 aromatic rings. The van der Waals surface area contributed by atoms with Gasteiger partial charge in [0.1, 0.15) is 5.73 Å². The molecule has 5 heteroatoms. The average Bonchev–Trinajstić information content (AvgIpc) is 2.11. The van der Waals surface area contributed by atoms with E-state index < -0.39 is 17.4 Å². The summed E-state index contributed by atoms with van der Waals surface area (Å²) in [4.78, 5) is 11.1. The van der Waals surface area contributed by atoms with Crippen molar-refractivity contribution < 1.29 is 13.6 Å². The number of rotatable bonds is 6. The maximum atomic E-state index is 11.1. The predicted molar refractivity (Wildman–Crippen MR) is 66.4 cm³/mol. The molecule has 0 aliphatic heterocycles. The van der Waals surface area contributed by atoms with Crippen LogP contribution in [0.2, 0.25) is 26.2 Å². The van der Waals surface area contributed by atoms with Gasteiger partial charge in [0, 0.05) is 6.08 Å². The number of hydrogen-bond acceptors (Lipinski definition) is 3. The molecule has 0 amide bonds. The van der Waals surface area contributed by atoms with Crippen LogP contribution in [0.5, 0.6) is 0 Å². The zero-order valence-corrected chi connectivity index (χ0v) is 12.3. The summed E-state index contributed by atoms with van der Waals surface area (Å²) in [5.41, 5.74) is -0.0806. The molecule has 0 N–H and O–H groups in total. The van der Waals surface area contributed by atoms with Crippen LogP contribution >= 0.6 is 0 Å². The Labute approximate surface area is 95.3 Å². The van der Waals surface area contributed by atoms with Crippen molar-refractivity contribution in [2.24, 2.45) is 0 Å². The minimum absolute atomic E-state index is 0.0806. The Kier molecular flexibility index (Phi) is 6.08. The van der Waals surface area contributed by atoms with Gasteiger partial charge in [-0.25, -0.2) is 4.79 Å². The molecule has 1 atom stereocenters. The van der Waals surface area contributed by atoms with Crippen LogP contribution in [-0.2, 0) is 13.6 Å². The monoisotopic (exact) mass is 245 g/mol. The second-order valence-electron chi connectivity index (χ2n) is 4.15. The molecule has 0 aromatic heterocycles. The van der Waals surface area contributed by atoms with Gasteiger partial charge < -0.3 is 8.85 Å². The van der Waals surface area contributed by atoms with Gasteiger partial charge in [0.15, 0.2) is 9.04 Å². The number of esters is 1. The van der Waals surface area contributed by atoms with Crippen LogP contribution in [0.25, 0.3) is 0 Å². The molecule has 3 nitrogen and oxygen atoms in total. The van der Waals surface area contributed by atoms with Crippen LogP contribution in [0.4, 0.5) is 0 Å². The highest BCUT2D eigenvalue weighted by Gasteiger charge is 2.36. The van der Waals surface area contributed by atoms with Crippen molar-refractivity contribution in [3.8, 4) is 0 Å². The Bertz CT molecular complexity index is 227. The Morgan fingerprint density at radius 1 is 1.53 bits per heavy atom. The lowest BCUT2D eigenvalue weighted by Crippen LogP contribution is -2.49. The molecule has 0 saturated carbocycles. The molecular formula is C10H21O3Si2. The molecule has 0 aliphatic rings. The van der Waals surface area contributed by atoms with E-state index in [1.165, 1.54) is 6.08 Å². The molecule has 0 fully saturated rings. The predicted octanol–water partition coefficient (Wildman–Crippen LogP) is 2.51. The number of ether oxygens (including phenoxy) is 1. The van der Waals surface area contributed by atoms with Gasteiger partial charge in [-0.1, -0.05) is 13.5 Å². The van der Waals surface area contributed by atoms with E-state index in [0.29, 0.717) is 0 Å². The van der Waals surface area contributed by atoms with Crippen molar-refractivity contribution in [1.82, 2.24) is 0 Å². The van der Waals surface area contributed by atoms with Gasteiger partial charge in [-0.15, -0.1) is 0 Å². The SMILES string of the molecule is C=CC(=O)OC(CC)[Si](C)(C)O[Si](C)C. The minimum Gasteiger partial charge on any atom is -0.460 e. The van der Waals surface area contributed by atoms with Gasteiger partial charge >= 0.3 is 5.97 Å². The summed E-state index contributed by atoms with van der Waals surface area (Å²) in [6.07, 6.45) is 2.00. The first-order valence-electron chi connectivity index (χ1n) is 5.15. The van der Waals surface area contributed by atoms with E-state index in [-0.39, 0.29) is 11.7 Å². The normalized spacial score (nSPS) is 13.7. The Balaban J connectivity index is 4.49. The third-order valence-electron chi connectivity index (χ3n) is 2.04. The van der Waals surface area contributed by atoms with E-state index in [2.05, 4.69) is 32.8 Å². The van der Waals surface area contributed by atoms with Crippen LogP contribution in [-0.4, -0.2) is 29.1 Å². The lowest BCUT2D eigenvalue weighted by atomic mass is 10.5. The lowest BCUT2D eigenvalue weighted by molar-refractivity contribution is -0.140. The molecule has 1 radical (unpaired) electrons. The average molecular weight is 245 g/mol. The van der Waals surface area contributed by atoms with Crippen LogP contribution in [0.1, 0.15) is 13.3 Å². The molecule has 0 saturated heterocycles. The summed E-state index contributed by atoms with van der Waals surface area (Å²) in [6.45, 7) is 13.8. The quantitative estimate of drug-likeness (QED) is 0.410. The first-order valence-corrected chi connectivity index (χ1v) is 10.5. The second kappa shape index (κ2) is 6.24. The molecule has 0 bridgehead atoms. The number of carbonyl (C=O) groups is 1. The van der Waals surface area contributed by atoms with Crippen LogP contribution in [0, 0.1) is 0 Å². The standard InChI is InChI=1S/C10H21O3Si2/c1-7-9(11)12-10(8-2)15(5,6)13-14(3)4/h7,10H,1,8H2,2-6H3. The third kappa shape index (κ3) is 5.29. The highest BCUT2D eigenvalue weighted by molar-refractivity contribution is 6.78. The van der Waals surface area contributed by atoms with E-state index in [0.717, 1.165) is 6.42 Å². The molecule has 0 aromatic carbocycles. The smallest absolute Gasteiger partial charge is 0.330 e. The van der Waals surface area contributed by atoms with Crippen molar-refractivity contribution in [2.45, 2.75) is 45.3 Å². The van der Waals surface area contributed by atoms with Crippen molar-refractivity contribution in [1.29, 1.82) is 0 Å². The topological polar surface area (TPSA) is 35.5 Å². The molecule has 0 spiro atoms. The summed E-state index contributed by atoms with van der Waals surface area (Å²) in [7, 11) is -2.66. The second-order valence-corrected chi connectivity index (χ2v) is 10.6. The van der Waals surface area contributed by atoms with Crippen molar-refractivity contribution in [2.75, 3.05) is 0 Å². The molecule has 1 unspecified atom stereocenters. The summed E-state index contributed by atoms with van der Waals surface area (Å²) in [6, 6.07) is 0. The molecule has 0 heterocycles. The highest BCUT2D eigenvalue weighted by atomic mass is 28.4. The highest BCUT2D eigenvalue weighted by Crippen LogP contribution is 2.18. The summed E-state index contributed by atoms with van der Waals surface area (Å²) < 4.78 is 11.3. The van der Waals surface area contributed by atoms with E-state index in [1.807, 2.05) is 6.92 Å². The first kappa shape index (κ1) is 14.6. The summed E-state index contributed by atoms with van der Waals surface area (Å²) in [5, 5.41) is 0. The fourth-order valence-corrected chi connectivity index (χ4v) is 7.61. The van der Waals surface area contributed by atoms with Gasteiger partial charge in [-0.05, 0) is 32.6 Å². The third-order valence-corrected chi connectivity index (χ3v) is 7.85. The Morgan fingerprint density at radius 2 is 2.07 bits per heavy atom. The largest absolute Gasteiger partial charge is 0.460 e. The molecule has 0 rings (SSSR count). The Morgan fingerprint density at radius 3 is 2.40 bits per heavy atom. The van der Waals surface area contributed by atoms with Crippen LogP contribution in [0.15, 0.2) is 12.7 Å². The number of hydrogen-bond donors (Lipinski definition) is 0. The van der Waals surface area contributed by atoms with E-state index in [9.17, 15) is 4.79 Å². The van der Waals surface area contributed by atoms with E-state index in [4.69, 9.17) is 8.85 Å². The zero-order valence-electron chi connectivity index (χ0n) is 10.3. The van der Waals surface area contributed by atoms with E-state index in [1.54, 1.807) is 0 Å². The maximum absolute atomic E-state index is 11.1. The fraction of sp³-hybridized carbons (Fsp3) is 0.700. The minimum atomic E-state index is -1.92. The van der Waals surface area contributed by atoms with Gasteiger partial charge in [0.25, 0.3) is 0 Å². The van der Waals surface area contributed by atoms with E-state index >= 15 is 0 Å². The maximum Gasteiger partial charge on any atom is 0.330 e. The molecule has 87 valence electrons. The van der Waals surface area contributed by atoms with Gasteiger partial charge in [0.2, 0.25) is 8.32 Å². The summed E-state index contributed by atoms with van der Waals surface area (Å²) >= 11 is 0. The van der Waals surface area contributed by atoms with Gasteiger partial charge in [-0.3, -0.25) is 0 Å². The van der Waals surface area contributed by atoms with Gasteiger partial charge in [-0.2, -0.15) is 0 Å². The molecule has 0 aliphatic carbocycles.